The van der Waals surface area contributed by atoms with Gasteiger partial charge < -0.3 is 44.4 Å². The Morgan fingerprint density at radius 2 is 1.69 bits per heavy atom. The molecule has 3 N–H and O–H groups in total. The molecule has 2 aliphatic rings. The van der Waals surface area contributed by atoms with E-state index in [1.807, 2.05) is 6.92 Å². The normalized spacial score (nSPS) is 18.3. The predicted molar refractivity (Wildman–Crippen MR) is 168 cm³/mol. The summed E-state index contributed by atoms with van der Waals surface area (Å²) in [6, 6.07) is 4.39. The van der Waals surface area contributed by atoms with Crippen molar-refractivity contribution in [2.24, 2.45) is 0 Å². The number of rotatable bonds is 12. The highest BCUT2D eigenvalue weighted by Crippen LogP contribution is 2.27. The number of carboxylic acids is 1. The molecule has 0 radical (unpaired) electrons. The Morgan fingerprint density at radius 1 is 1.00 bits per heavy atom. The van der Waals surface area contributed by atoms with Crippen LogP contribution >= 0.6 is 0 Å². The van der Waals surface area contributed by atoms with E-state index < -0.39 is 67.0 Å². The van der Waals surface area contributed by atoms with Gasteiger partial charge in [-0.05, 0) is 44.9 Å². The fourth-order valence-corrected chi connectivity index (χ4v) is 5.62. The first-order chi connectivity index (χ1) is 22.9. The molecule has 0 aliphatic carbocycles. The van der Waals surface area contributed by atoms with Crippen molar-refractivity contribution >= 4 is 46.7 Å². The summed E-state index contributed by atoms with van der Waals surface area (Å²) in [6.45, 7) is 5.67. The van der Waals surface area contributed by atoms with Crippen LogP contribution in [0.5, 0.6) is 5.75 Å². The van der Waals surface area contributed by atoms with Gasteiger partial charge in [-0.3, -0.25) is 19.2 Å². The smallest absolute Gasteiger partial charge is 0.409 e. The highest BCUT2D eigenvalue weighted by atomic mass is 16.6. The van der Waals surface area contributed by atoms with Gasteiger partial charge in [-0.15, -0.1) is 0 Å². The number of aliphatic hydroxyl groups is 1. The van der Waals surface area contributed by atoms with Crippen molar-refractivity contribution in [3.05, 3.63) is 35.5 Å². The molecule has 3 atom stereocenters. The van der Waals surface area contributed by atoms with E-state index in [2.05, 4.69) is 10.3 Å². The zero-order chi connectivity index (χ0) is 35.0. The summed E-state index contributed by atoms with van der Waals surface area (Å²) in [5.74, 6) is -3.49. The second-order valence-electron chi connectivity index (χ2n) is 11.5. The van der Waals surface area contributed by atoms with E-state index in [1.54, 1.807) is 32.0 Å². The minimum atomic E-state index is -1.20. The number of ether oxygens (including phenoxy) is 3. The van der Waals surface area contributed by atoms with E-state index in [9.17, 15) is 39.0 Å². The summed E-state index contributed by atoms with van der Waals surface area (Å²) in [7, 11) is 0. The van der Waals surface area contributed by atoms with Crippen molar-refractivity contribution in [1.29, 1.82) is 0 Å². The fourth-order valence-electron chi connectivity index (χ4n) is 5.62. The number of nitrogens with zero attached hydrogens (tertiary/aromatic N) is 4. The molecule has 16 heteroatoms. The molecule has 0 bridgehead atoms. The molecular weight excluding hydrogens is 630 g/mol. The predicted octanol–water partition coefficient (Wildman–Crippen LogP) is 0.711. The number of carboxylic acid groups (broad SMARTS) is 1. The van der Waals surface area contributed by atoms with Crippen molar-refractivity contribution in [3.63, 3.8) is 0 Å². The molecule has 1 aromatic carbocycles. The highest BCUT2D eigenvalue weighted by molar-refractivity contribution is 5.99. The summed E-state index contributed by atoms with van der Waals surface area (Å²) in [5, 5.41) is 22.5. The quantitative estimate of drug-likeness (QED) is 0.267. The maximum Gasteiger partial charge on any atom is 0.409 e. The Bertz CT molecular complexity index is 1540. The van der Waals surface area contributed by atoms with Crippen LogP contribution in [0.15, 0.2) is 24.3 Å². The summed E-state index contributed by atoms with van der Waals surface area (Å²) in [6.07, 6.45) is -1.93. The van der Waals surface area contributed by atoms with Gasteiger partial charge in [-0.2, -0.15) is 0 Å². The lowest BCUT2D eigenvalue weighted by Gasteiger charge is -2.35. The van der Waals surface area contributed by atoms with E-state index >= 15 is 0 Å². The maximum atomic E-state index is 13.6. The number of β-amino-alcohol motifs (C(OH)–C–C–N with tert-alkyl or cyclic N) is 1. The van der Waals surface area contributed by atoms with Crippen molar-refractivity contribution in [2.45, 2.75) is 58.2 Å². The van der Waals surface area contributed by atoms with Crippen LogP contribution in [0, 0.1) is 6.92 Å². The molecule has 2 aliphatic heterocycles. The summed E-state index contributed by atoms with van der Waals surface area (Å²) >= 11 is 0. The van der Waals surface area contributed by atoms with Gasteiger partial charge in [0, 0.05) is 57.0 Å². The summed E-state index contributed by atoms with van der Waals surface area (Å²) < 4.78 is 15.9. The van der Waals surface area contributed by atoms with Gasteiger partial charge in [0.05, 0.1) is 24.8 Å². The van der Waals surface area contributed by atoms with E-state index in [4.69, 9.17) is 14.2 Å². The molecule has 0 spiro atoms. The molecule has 1 aromatic heterocycles. The Balaban J connectivity index is 1.52. The monoisotopic (exact) mass is 671 g/mol. The maximum absolute atomic E-state index is 13.6. The zero-order valence-corrected chi connectivity index (χ0v) is 27.2. The zero-order valence-electron chi connectivity index (χ0n) is 27.2. The molecule has 2 aromatic rings. The Labute approximate surface area is 276 Å². The van der Waals surface area contributed by atoms with Gasteiger partial charge >= 0.3 is 18.0 Å². The second kappa shape index (κ2) is 16.2. The Hall–Kier alpha value is -4.99. The van der Waals surface area contributed by atoms with Crippen LogP contribution in [-0.4, -0.2) is 136 Å². The molecule has 2 saturated heterocycles. The van der Waals surface area contributed by atoms with Crippen molar-refractivity contribution in [1.82, 2.24) is 25.0 Å². The third-order valence-electron chi connectivity index (χ3n) is 8.04. The number of likely N-dealkylation sites (tertiary alicyclic amines) is 1. The number of esters is 1. The van der Waals surface area contributed by atoms with Gasteiger partial charge in [0.15, 0.2) is 6.61 Å². The minimum Gasteiger partial charge on any atom is -0.483 e. The highest BCUT2D eigenvalue weighted by Gasteiger charge is 2.40. The summed E-state index contributed by atoms with van der Waals surface area (Å²) in [5.41, 5.74) is 1.06. The van der Waals surface area contributed by atoms with Crippen LogP contribution in [0.4, 0.5) is 4.79 Å². The molecule has 0 unspecified atom stereocenters. The van der Waals surface area contributed by atoms with Crippen LogP contribution < -0.4 is 10.1 Å². The number of aromatic nitrogens is 1. The molecular formula is C32H41N5O11. The van der Waals surface area contributed by atoms with E-state index in [0.717, 1.165) is 5.56 Å². The number of pyridine rings is 1. The van der Waals surface area contributed by atoms with Gasteiger partial charge in [-0.25, -0.2) is 14.6 Å². The first kappa shape index (κ1) is 35.9. The SMILES string of the molecule is CCOC(=O)[C@@H]1C[C@@H](O)CN1C(=O)COc1cc(C(=O)N[C@@H](CCC(=O)O)C(=O)N2CCN(C(=O)OCC)CC2)nc2cc(C)ccc12. The number of amides is 4. The number of aliphatic carboxylic acids is 1. The van der Waals surface area contributed by atoms with E-state index in [-0.39, 0.29) is 70.2 Å². The largest absolute Gasteiger partial charge is 0.483 e. The Morgan fingerprint density at radius 3 is 2.35 bits per heavy atom. The minimum absolute atomic E-state index is 0.0369. The van der Waals surface area contributed by atoms with Gasteiger partial charge in [0.2, 0.25) is 5.91 Å². The molecule has 48 heavy (non-hydrogen) atoms. The molecule has 4 amide bonds. The van der Waals surface area contributed by atoms with Crippen LogP contribution in [-0.2, 0) is 28.7 Å². The summed E-state index contributed by atoms with van der Waals surface area (Å²) in [4.78, 5) is 84.7. The number of carbonyl (C=O) groups is 6. The lowest BCUT2D eigenvalue weighted by molar-refractivity contribution is -0.153. The van der Waals surface area contributed by atoms with Gasteiger partial charge in [-0.1, -0.05) is 6.07 Å². The van der Waals surface area contributed by atoms with Crippen molar-refractivity contribution in [2.75, 3.05) is 52.5 Å². The van der Waals surface area contributed by atoms with Crippen LogP contribution in [0.2, 0.25) is 0 Å². The first-order valence-corrected chi connectivity index (χ1v) is 15.8. The number of carbonyl (C=O) groups excluding carboxylic acids is 5. The second-order valence-corrected chi connectivity index (χ2v) is 11.5. The van der Waals surface area contributed by atoms with Crippen LogP contribution in [0.1, 0.15) is 49.2 Å². The van der Waals surface area contributed by atoms with Crippen LogP contribution in [0.3, 0.4) is 0 Å². The van der Waals surface area contributed by atoms with Crippen molar-refractivity contribution in [3.8, 4) is 5.75 Å². The van der Waals surface area contributed by atoms with E-state index in [1.165, 1.54) is 20.8 Å². The number of nitrogens with one attached hydrogen (secondary N) is 1. The third kappa shape index (κ3) is 8.87. The molecule has 260 valence electrons. The first-order valence-electron chi connectivity index (χ1n) is 15.8. The van der Waals surface area contributed by atoms with Gasteiger partial charge in [0.1, 0.15) is 23.5 Å². The number of aryl methyl sites for hydroxylation is 1. The lowest BCUT2D eigenvalue weighted by Crippen LogP contribution is -2.56. The molecule has 4 rings (SSSR count). The third-order valence-corrected chi connectivity index (χ3v) is 8.04. The fraction of sp³-hybridized carbons (Fsp3) is 0.531. The average Bonchev–Trinajstić information content (AvgIpc) is 3.46. The standard InChI is InChI=1S/C32H41N5O11/c1-4-46-31(44)25-15-20(38)17-37(25)27(39)18-48-26-16-24(33-23-14-19(3)6-7-21(23)26)29(42)34-22(8-9-28(40)41)30(43)35-10-12-36(13-11-35)32(45)47-5-2/h6-7,14,16,20,22,25,38H,4-5,8-13,15,17-18H2,1-3H3,(H,34,42)(H,40,41)/t20-,22+,25+/m1/s1. The Kier molecular flexibility index (Phi) is 12.1. The number of hydrogen-bond donors (Lipinski definition) is 3. The average molecular weight is 672 g/mol. The topological polar surface area (TPSA) is 205 Å². The molecule has 2 fully saturated rings. The number of fused-ring (bicyclic) bond motifs is 1. The van der Waals surface area contributed by atoms with Gasteiger partial charge in [0.25, 0.3) is 11.8 Å². The number of benzene rings is 1. The van der Waals surface area contributed by atoms with E-state index in [0.29, 0.717) is 10.9 Å². The lowest BCUT2D eigenvalue weighted by atomic mass is 10.1. The molecule has 3 heterocycles. The molecule has 16 nitrogen and oxygen atoms in total. The number of hydrogen-bond acceptors (Lipinski definition) is 11. The number of aliphatic hydroxyl groups excluding tert-OH is 1. The number of piperazine rings is 1. The molecule has 0 saturated carbocycles. The van der Waals surface area contributed by atoms with Crippen LogP contribution in [0.25, 0.3) is 10.9 Å². The van der Waals surface area contributed by atoms with Crippen molar-refractivity contribution < 1.29 is 53.2 Å².